The fraction of sp³-hybridized carbons (Fsp3) is 0.679. The molecule has 11 nitrogen and oxygen atoms in total. The van der Waals surface area contributed by atoms with E-state index >= 15 is 0 Å². The Hall–Kier alpha value is -2.17. The minimum atomic E-state index is -4.09. The highest BCUT2D eigenvalue weighted by atomic mass is 35.5. The summed E-state index contributed by atoms with van der Waals surface area (Å²) in [5.41, 5.74) is 0.902. The number of carbonyl (C=O) groups is 3. The number of rotatable bonds is 17. The Morgan fingerprint density at radius 3 is 2.32 bits per heavy atom. The summed E-state index contributed by atoms with van der Waals surface area (Å²) in [6.07, 6.45) is 4.29. The van der Waals surface area contributed by atoms with Crippen LogP contribution in [0.15, 0.2) is 24.3 Å². The Bertz CT molecular complexity index is 1030. The highest BCUT2D eigenvalue weighted by molar-refractivity contribution is 7.54. The van der Waals surface area contributed by atoms with Crippen LogP contribution in [0.5, 0.6) is 0 Å². The molecular formula is C28H45ClN3O8P. The molecule has 0 aromatic heterocycles. The summed E-state index contributed by atoms with van der Waals surface area (Å²) >= 11 is 6.22. The molecule has 1 aliphatic rings. The van der Waals surface area contributed by atoms with Gasteiger partial charge in [-0.15, -0.1) is 0 Å². The number of benzene rings is 1. The van der Waals surface area contributed by atoms with Crippen molar-refractivity contribution in [1.82, 2.24) is 15.5 Å². The topological polar surface area (TPSA) is 154 Å². The lowest BCUT2D eigenvalue weighted by Gasteiger charge is -2.32. The van der Waals surface area contributed by atoms with E-state index in [1.165, 1.54) is 4.90 Å². The van der Waals surface area contributed by atoms with Crippen LogP contribution in [-0.2, 0) is 29.6 Å². The zero-order valence-electron chi connectivity index (χ0n) is 24.2. The van der Waals surface area contributed by atoms with Gasteiger partial charge in [0.25, 0.3) is 0 Å². The number of hydrogen-bond donors (Lipinski definition) is 4. The lowest BCUT2D eigenvalue weighted by atomic mass is 9.84. The van der Waals surface area contributed by atoms with Crippen LogP contribution in [0.4, 0.5) is 4.79 Å². The van der Waals surface area contributed by atoms with Gasteiger partial charge in [-0.05, 0) is 50.7 Å². The maximum atomic E-state index is 13.4. The van der Waals surface area contributed by atoms with Crippen molar-refractivity contribution in [2.75, 3.05) is 26.8 Å². The Morgan fingerprint density at radius 2 is 1.73 bits per heavy atom. The van der Waals surface area contributed by atoms with E-state index in [-0.39, 0.29) is 37.9 Å². The van der Waals surface area contributed by atoms with E-state index in [2.05, 4.69) is 10.6 Å². The molecule has 0 heterocycles. The van der Waals surface area contributed by atoms with Crippen molar-refractivity contribution >= 4 is 37.1 Å². The molecule has 3 amide bonds. The van der Waals surface area contributed by atoms with Crippen LogP contribution >= 0.6 is 19.2 Å². The van der Waals surface area contributed by atoms with Crippen molar-refractivity contribution in [2.45, 2.75) is 89.6 Å². The zero-order chi connectivity index (χ0) is 30.4. The molecule has 1 aromatic carbocycles. The van der Waals surface area contributed by atoms with Gasteiger partial charge >= 0.3 is 13.7 Å². The Balaban J connectivity index is 2.16. The van der Waals surface area contributed by atoms with Crippen LogP contribution in [0.2, 0.25) is 5.02 Å². The highest BCUT2D eigenvalue weighted by Crippen LogP contribution is 2.53. The largest absolute Gasteiger partial charge is 0.465 e. The van der Waals surface area contributed by atoms with Crippen molar-refractivity contribution < 1.29 is 38.2 Å². The summed E-state index contributed by atoms with van der Waals surface area (Å²) in [6, 6.07) is 5.09. The summed E-state index contributed by atoms with van der Waals surface area (Å²) in [7, 11) is -2.45. The van der Waals surface area contributed by atoms with Gasteiger partial charge in [0, 0.05) is 25.0 Å². The summed E-state index contributed by atoms with van der Waals surface area (Å²) in [5, 5.41) is 26.1. The van der Waals surface area contributed by atoms with Crippen molar-refractivity contribution in [2.24, 2.45) is 5.92 Å². The first-order valence-corrected chi connectivity index (χ1v) is 16.3. The number of aliphatic hydroxyl groups excluding tert-OH is 1. The molecule has 232 valence electrons. The number of amides is 3. The molecular weight excluding hydrogens is 573 g/mol. The number of hydrogen-bond acceptors (Lipinski definition) is 7. The third-order valence-corrected chi connectivity index (χ3v) is 9.92. The fourth-order valence-electron chi connectivity index (χ4n) is 5.07. The summed E-state index contributed by atoms with van der Waals surface area (Å²) < 4.78 is 24.0. The first-order valence-electron chi connectivity index (χ1n) is 14.3. The summed E-state index contributed by atoms with van der Waals surface area (Å²) in [5.74, 6) is -2.51. The molecule has 0 radical (unpaired) electrons. The predicted octanol–water partition coefficient (Wildman–Crippen LogP) is 4.80. The molecule has 0 aliphatic heterocycles. The molecule has 1 unspecified atom stereocenters. The lowest BCUT2D eigenvalue weighted by Crippen LogP contribution is -2.53. The first-order chi connectivity index (χ1) is 19.5. The Morgan fingerprint density at radius 1 is 1.10 bits per heavy atom. The number of nitrogens with zero attached hydrogens (tertiary/aromatic N) is 1. The summed E-state index contributed by atoms with van der Waals surface area (Å²) in [6.45, 7) is 3.57. The van der Waals surface area contributed by atoms with Gasteiger partial charge in [-0.3, -0.25) is 14.2 Å². The van der Waals surface area contributed by atoms with Crippen molar-refractivity contribution in [3.63, 3.8) is 0 Å². The molecule has 0 spiro atoms. The van der Waals surface area contributed by atoms with Gasteiger partial charge in [-0.25, -0.2) is 4.79 Å². The summed E-state index contributed by atoms with van der Waals surface area (Å²) in [4.78, 5) is 39.4. The second kappa shape index (κ2) is 17.7. The minimum absolute atomic E-state index is 0.0103. The number of carbonyl (C=O) groups excluding carboxylic acids is 2. The normalized spacial score (nSPS) is 16.4. The third-order valence-electron chi connectivity index (χ3n) is 7.31. The smallest absolute Gasteiger partial charge is 0.405 e. The molecule has 0 bridgehead atoms. The number of likely N-dealkylation sites (N-methyl/N-ethyl adjacent to an activating group) is 1. The third kappa shape index (κ3) is 11.6. The fourth-order valence-corrected chi connectivity index (χ4v) is 7.06. The number of carboxylic acid groups (broad SMARTS) is 1. The van der Waals surface area contributed by atoms with E-state index in [0.717, 1.165) is 37.7 Å². The average molecular weight is 618 g/mol. The van der Waals surface area contributed by atoms with Crippen LogP contribution in [0.1, 0.15) is 70.8 Å². The van der Waals surface area contributed by atoms with Crippen LogP contribution < -0.4 is 10.6 Å². The van der Waals surface area contributed by atoms with Crippen LogP contribution in [0.25, 0.3) is 0 Å². The molecule has 1 aliphatic carbocycles. The zero-order valence-corrected chi connectivity index (χ0v) is 25.9. The van der Waals surface area contributed by atoms with Gasteiger partial charge in [-0.2, -0.15) is 0 Å². The Labute approximate surface area is 247 Å². The Kier molecular flexibility index (Phi) is 15.1. The average Bonchev–Trinajstić information content (AvgIpc) is 2.94. The molecule has 2 rings (SSSR count). The van der Waals surface area contributed by atoms with E-state index < -0.39 is 37.5 Å². The molecule has 41 heavy (non-hydrogen) atoms. The predicted molar refractivity (Wildman–Crippen MR) is 157 cm³/mol. The number of aliphatic hydroxyl groups is 1. The number of nitrogens with one attached hydrogen (secondary N) is 2. The van der Waals surface area contributed by atoms with Crippen LogP contribution in [0.3, 0.4) is 0 Å². The van der Waals surface area contributed by atoms with Crippen molar-refractivity contribution in [3.05, 3.63) is 34.9 Å². The van der Waals surface area contributed by atoms with Crippen molar-refractivity contribution in [3.8, 4) is 0 Å². The maximum absolute atomic E-state index is 13.4. The van der Waals surface area contributed by atoms with Crippen LogP contribution in [-0.4, -0.2) is 77.8 Å². The number of halogens is 1. The molecule has 1 fully saturated rings. The quantitative estimate of drug-likeness (QED) is 0.182. The molecule has 1 aromatic rings. The second-order valence-electron chi connectivity index (χ2n) is 10.3. The molecule has 4 N–H and O–H groups in total. The van der Waals surface area contributed by atoms with Gasteiger partial charge in [0.2, 0.25) is 11.8 Å². The SMILES string of the molecule is CCOP(=O)(OCC)C(O)[C@H](CCC(=O)N(C)CCc1ccccc1Cl)NC(=O)[C@H](CC1CCCCC1)NC(=O)O. The first kappa shape index (κ1) is 35.0. The molecule has 0 saturated heterocycles. The molecule has 13 heteroatoms. The van der Waals surface area contributed by atoms with Gasteiger partial charge in [0.15, 0.2) is 5.85 Å². The van der Waals surface area contributed by atoms with E-state index in [1.54, 1.807) is 27.0 Å². The standard InChI is InChI=1S/C28H45ClN3O8P/c1-4-39-41(38,40-5-2)27(35)23(15-16-25(33)32(3)18-17-21-13-9-10-14-22(21)29)30-26(34)24(31-28(36)37)19-20-11-7-6-8-12-20/h9-10,13-14,20,23-24,27,31,35H,4-8,11-12,15-19H2,1-3H3,(H,30,34)(H,36,37)/t23-,24-,27?/m0/s1. The highest BCUT2D eigenvalue weighted by Gasteiger charge is 2.41. The van der Waals surface area contributed by atoms with E-state index in [9.17, 15) is 29.2 Å². The molecule has 3 atom stereocenters. The molecule has 1 saturated carbocycles. The van der Waals surface area contributed by atoms with E-state index in [4.69, 9.17) is 20.6 Å². The monoisotopic (exact) mass is 617 g/mol. The van der Waals surface area contributed by atoms with Gasteiger partial charge in [-0.1, -0.05) is 61.9 Å². The van der Waals surface area contributed by atoms with Gasteiger partial charge in [0.1, 0.15) is 6.04 Å². The van der Waals surface area contributed by atoms with Gasteiger partial charge in [0.05, 0.1) is 19.3 Å². The maximum Gasteiger partial charge on any atom is 0.405 e. The van der Waals surface area contributed by atoms with Crippen LogP contribution in [0, 0.1) is 5.92 Å². The van der Waals surface area contributed by atoms with Gasteiger partial charge < -0.3 is 34.8 Å². The van der Waals surface area contributed by atoms with Crippen molar-refractivity contribution in [1.29, 1.82) is 0 Å². The van der Waals surface area contributed by atoms with E-state index in [1.807, 2.05) is 18.2 Å². The minimum Gasteiger partial charge on any atom is -0.465 e. The second-order valence-corrected chi connectivity index (χ2v) is 12.9. The van der Waals surface area contributed by atoms with E-state index in [0.29, 0.717) is 24.4 Å². The lowest BCUT2D eigenvalue weighted by molar-refractivity contribution is -0.131.